The molecule has 3 rings (SSSR count). The molecular formula is C21H23N3O. The summed E-state index contributed by atoms with van der Waals surface area (Å²) in [5.41, 5.74) is 4.99. The van der Waals surface area contributed by atoms with Crippen LogP contribution in [0.5, 0.6) is 0 Å². The first-order chi connectivity index (χ1) is 12.1. The van der Waals surface area contributed by atoms with Gasteiger partial charge in [-0.1, -0.05) is 48.5 Å². The molecule has 1 N–H and O–H groups in total. The molecule has 0 saturated carbocycles. The topological polar surface area (TPSA) is 46.9 Å². The lowest BCUT2D eigenvalue weighted by atomic mass is 10.1. The van der Waals surface area contributed by atoms with Crippen molar-refractivity contribution in [3.05, 3.63) is 83.2 Å². The third kappa shape index (κ3) is 3.79. The van der Waals surface area contributed by atoms with E-state index in [0.717, 1.165) is 28.2 Å². The number of nitrogens with one attached hydrogen (secondary N) is 1. The maximum atomic E-state index is 12.5. The van der Waals surface area contributed by atoms with E-state index < -0.39 is 0 Å². The number of para-hydroxylation sites is 1. The summed E-state index contributed by atoms with van der Waals surface area (Å²) in [5, 5.41) is 7.68. The van der Waals surface area contributed by atoms with Crippen molar-refractivity contribution in [2.24, 2.45) is 0 Å². The fourth-order valence-corrected chi connectivity index (χ4v) is 3.03. The average molecular weight is 333 g/mol. The average Bonchev–Trinajstić information content (AvgIpc) is 2.91. The van der Waals surface area contributed by atoms with E-state index in [0.29, 0.717) is 6.42 Å². The molecule has 3 aromatic rings. The van der Waals surface area contributed by atoms with Gasteiger partial charge in [0.2, 0.25) is 5.91 Å². The maximum Gasteiger partial charge on any atom is 0.225 e. The molecule has 4 nitrogen and oxygen atoms in total. The molecule has 0 aliphatic carbocycles. The van der Waals surface area contributed by atoms with Gasteiger partial charge in [0.05, 0.1) is 23.8 Å². The molecule has 0 aliphatic rings. The van der Waals surface area contributed by atoms with E-state index in [1.54, 1.807) is 0 Å². The Morgan fingerprint density at radius 1 is 1.04 bits per heavy atom. The lowest BCUT2D eigenvalue weighted by molar-refractivity contribution is -0.121. The van der Waals surface area contributed by atoms with E-state index in [1.165, 1.54) is 0 Å². The molecule has 0 spiro atoms. The number of hydrogen-bond donors (Lipinski definition) is 1. The highest BCUT2D eigenvalue weighted by Crippen LogP contribution is 2.19. The van der Waals surface area contributed by atoms with Crippen molar-refractivity contribution in [1.29, 1.82) is 0 Å². The number of rotatable bonds is 5. The highest BCUT2D eigenvalue weighted by atomic mass is 16.1. The molecule has 0 bridgehead atoms. The van der Waals surface area contributed by atoms with E-state index in [4.69, 9.17) is 0 Å². The summed E-state index contributed by atoms with van der Waals surface area (Å²) >= 11 is 0. The summed E-state index contributed by atoms with van der Waals surface area (Å²) < 4.78 is 1.90. The zero-order valence-electron chi connectivity index (χ0n) is 14.9. The van der Waals surface area contributed by atoms with Gasteiger partial charge in [-0.2, -0.15) is 5.10 Å². The smallest absolute Gasteiger partial charge is 0.225 e. The van der Waals surface area contributed by atoms with Crippen LogP contribution in [-0.2, 0) is 11.2 Å². The Balaban J connectivity index is 1.75. The van der Waals surface area contributed by atoms with Crippen LogP contribution in [0.15, 0.2) is 60.7 Å². The molecule has 0 radical (unpaired) electrons. The second-order valence-electron chi connectivity index (χ2n) is 6.27. The van der Waals surface area contributed by atoms with Crippen LogP contribution in [0.25, 0.3) is 5.69 Å². The second-order valence-corrected chi connectivity index (χ2v) is 6.27. The van der Waals surface area contributed by atoms with E-state index in [9.17, 15) is 4.79 Å². The summed E-state index contributed by atoms with van der Waals surface area (Å²) in [6.07, 6.45) is 0.335. The quantitative estimate of drug-likeness (QED) is 0.769. The predicted molar refractivity (Wildman–Crippen MR) is 99.7 cm³/mol. The second kappa shape index (κ2) is 7.34. The number of amides is 1. The van der Waals surface area contributed by atoms with Crippen molar-refractivity contribution in [3.8, 4) is 5.69 Å². The van der Waals surface area contributed by atoms with Crippen LogP contribution in [0.1, 0.15) is 35.5 Å². The van der Waals surface area contributed by atoms with E-state index in [2.05, 4.69) is 10.4 Å². The van der Waals surface area contributed by atoms with Crippen LogP contribution in [0, 0.1) is 13.8 Å². The minimum atomic E-state index is -0.0153. The van der Waals surface area contributed by atoms with E-state index in [1.807, 2.05) is 86.1 Å². The molecule has 25 heavy (non-hydrogen) atoms. The fraction of sp³-hybridized carbons (Fsp3) is 0.238. The Morgan fingerprint density at radius 3 is 2.28 bits per heavy atom. The molecule has 128 valence electrons. The van der Waals surface area contributed by atoms with Crippen LogP contribution < -0.4 is 5.32 Å². The third-order valence-electron chi connectivity index (χ3n) is 4.46. The van der Waals surface area contributed by atoms with Crippen molar-refractivity contribution in [3.63, 3.8) is 0 Å². The number of benzene rings is 2. The van der Waals surface area contributed by atoms with Crippen molar-refractivity contribution < 1.29 is 4.79 Å². The van der Waals surface area contributed by atoms with Gasteiger partial charge < -0.3 is 5.32 Å². The molecule has 4 heteroatoms. The molecule has 2 aromatic carbocycles. The molecule has 0 saturated heterocycles. The first kappa shape index (κ1) is 17.0. The van der Waals surface area contributed by atoms with Crippen molar-refractivity contribution >= 4 is 5.91 Å². The largest absolute Gasteiger partial charge is 0.349 e. The first-order valence-electron chi connectivity index (χ1n) is 8.51. The van der Waals surface area contributed by atoms with Gasteiger partial charge in [0.25, 0.3) is 0 Å². The van der Waals surface area contributed by atoms with Crippen molar-refractivity contribution in [1.82, 2.24) is 15.1 Å². The number of carbonyl (C=O) groups excluding carboxylic acids is 1. The normalized spacial score (nSPS) is 12.0. The van der Waals surface area contributed by atoms with Gasteiger partial charge in [0, 0.05) is 11.3 Å². The lowest BCUT2D eigenvalue weighted by Gasteiger charge is -2.14. The van der Waals surface area contributed by atoms with Gasteiger partial charge >= 0.3 is 0 Å². The summed E-state index contributed by atoms with van der Waals surface area (Å²) in [6.45, 7) is 5.96. The molecule has 1 heterocycles. The molecular weight excluding hydrogens is 310 g/mol. The Kier molecular flexibility index (Phi) is 4.98. The zero-order valence-corrected chi connectivity index (χ0v) is 14.9. The standard InChI is InChI=1S/C21H23N3O/c1-15(18-10-6-4-7-11-18)22-21(25)14-20-16(2)23-24(17(20)3)19-12-8-5-9-13-19/h4-13,15H,14H2,1-3H3,(H,22,25)/t15-/m0/s1. The predicted octanol–water partition coefficient (Wildman–Crippen LogP) is 3.91. The van der Waals surface area contributed by atoms with Crippen LogP contribution >= 0.6 is 0 Å². The van der Waals surface area contributed by atoms with Crippen LogP contribution in [0.2, 0.25) is 0 Å². The summed E-state index contributed by atoms with van der Waals surface area (Å²) in [7, 11) is 0. The van der Waals surface area contributed by atoms with Gasteiger partial charge in [-0.05, 0) is 38.5 Å². The third-order valence-corrected chi connectivity index (χ3v) is 4.46. The molecule has 1 atom stereocenters. The number of hydrogen-bond acceptors (Lipinski definition) is 2. The lowest BCUT2D eigenvalue weighted by Crippen LogP contribution is -2.28. The molecule has 0 fully saturated rings. The Bertz CT molecular complexity index is 854. The minimum absolute atomic E-state index is 0.00941. The van der Waals surface area contributed by atoms with E-state index in [-0.39, 0.29) is 11.9 Å². The van der Waals surface area contributed by atoms with Gasteiger partial charge in [-0.15, -0.1) is 0 Å². The number of nitrogens with zero attached hydrogens (tertiary/aromatic N) is 2. The van der Waals surface area contributed by atoms with E-state index >= 15 is 0 Å². The van der Waals surface area contributed by atoms with Crippen molar-refractivity contribution in [2.45, 2.75) is 33.2 Å². The van der Waals surface area contributed by atoms with Gasteiger partial charge in [-0.25, -0.2) is 4.68 Å². The minimum Gasteiger partial charge on any atom is -0.349 e. The molecule has 0 aliphatic heterocycles. The highest BCUT2D eigenvalue weighted by molar-refractivity contribution is 5.79. The summed E-state index contributed by atoms with van der Waals surface area (Å²) in [6, 6.07) is 20.0. The highest BCUT2D eigenvalue weighted by Gasteiger charge is 2.17. The van der Waals surface area contributed by atoms with Gasteiger partial charge in [-0.3, -0.25) is 4.79 Å². The molecule has 0 unspecified atom stereocenters. The number of carbonyl (C=O) groups is 1. The van der Waals surface area contributed by atoms with Crippen LogP contribution in [0.4, 0.5) is 0 Å². The fourth-order valence-electron chi connectivity index (χ4n) is 3.03. The summed E-state index contributed by atoms with van der Waals surface area (Å²) in [4.78, 5) is 12.5. The summed E-state index contributed by atoms with van der Waals surface area (Å²) in [5.74, 6) is 0.00941. The SMILES string of the molecule is Cc1nn(-c2ccccc2)c(C)c1CC(=O)N[C@@H](C)c1ccccc1. The molecule has 1 amide bonds. The Hall–Kier alpha value is -2.88. The van der Waals surface area contributed by atoms with Crippen LogP contribution in [-0.4, -0.2) is 15.7 Å². The maximum absolute atomic E-state index is 12.5. The van der Waals surface area contributed by atoms with Gasteiger partial charge in [0.1, 0.15) is 0 Å². The number of aryl methyl sites for hydroxylation is 1. The Labute approximate surface area is 148 Å². The van der Waals surface area contributed by atoms with Crippen molar-refractivity contribution in [2.75, 3.05) is 0 Å². The number of aromatic nitrogens is 2. The first-order valence-corrected chi connectivity index (χ1v) is 8.51. The van der Waals surface area contributed by atoms with Crippen LogP contribution in [0.3, 0.4) is 0 Å². The zero-order chi connectivity index (χ0) is 17.8. The monoisotopic (exact) mass is 333 g/mol. The van der Waals surface area contributed by atoms with Gasteiger partial charge in [0.15, 0.2) is 0 Å². The Morgan fingerprint density at radius 2 is 1.64 bits per heavy atom. The molecule has 1 aromatic heterocycles.